The van der Waals surface area contributed by atoms with Crippen LogP contribution in [0.5, 0.6) is 23.0 Å². The third-order valence-corrected chi connectivity index (χ3v) is 14.4. The van der Waals surface area contributed by atoms with Gasteiger partial charge in [-0.1, -0.05) is 172 Å². The zero-order chi connectivity index (χ0) is 52.0. The van der Waals surface area contributed by atoms with E-state index in [0.29, 0.717) is 0 Å². The van der Waals surface area contributed by atoms with Gasteiger partial charge in [-0.15, -0.1) is 0 Å². The van der Waals surface area contributed by atoms with Gasteiger partial charge in [-0.2, -0.15) is 9.13 Å². The molecule has 0 unspecified atom stereocenters. The number of benzene rings is 10. The molecule has 4 heteroatoms. The van der Waals surface area contributed by atoms with Crippen molar-refractivity contribution in [2.24, 2.45) is 0 Å². The fraction of sp³-hybridized carbons (Fsp3) is 0.0411. The summed E-state index contributed by atoms with van der Waals surface area (Å²) < 4.78 is 17.7. The molecule has 0 bridgehead atoms. The van der Waals surface area contributed by atoms with Crippen LogP contribution in [-0.4, -0.2) is 0 Å². The summed E-state index contributed by atoms with van der Waals surface area (Å²) in [5.41, 5.74) is 17.8. The summed E-state index contributed by atoms with van der Waals surface area (Å²) in [4.78, 5) is 0. The van der Waals surface area contributed by atoms with Crippen molar-refractivity contribution in [1.29, 1.82) is 0 Å². The molecule has 4 nitrogen and oxygen atoms in total. The lowest BCUT2D eigenvalue weighted by Gasteiger charge is -2.26. The zero-order valence-electron chi connectivity index (χ0n) is 43.1. The molecular formula is C73H56N2O2+2. The molecule has 0 radical (unpaired) electrons. The SMILES string of the molecule is CC(C)(c1ccc(Oc2ccc(-[n+]3c(-c4ccccc4)cc(-c4ccccc4)cc3-c3ccccc3)cc2)cc1)c1ccc(Oc2ccc(-[n+]3c(-c4ccccc4)cc(-c4ccccc4)cc3-c3ccccc3)cc2)cc1. The average molecular weight is 993 g/mol. The van der Waals surface area contributed by atoms with Gasteiger partial charge in [0, 0.05) is 76.2 Å². The highest BCUT2D eigenvalue weighted by Crippen LogP contribution is 2.37. The van der Waals surface area contributed by atoms with Crippen LogP contribution in [0, 0.1) is 0 Å². The van der Waals surface area contributed by atoms with Gasteiger partial charge >= 0.3 is 0 Å². The van der Waals surface area contributed by atoms with Gasteiger partial charge < -0.3 is 9.47 Å². The summed E-state index contributed by atoms with van der Waals surface area (Å²) >= 11 is 0. The lowest BCUT2D eigenvalue weighted by molar-refractivity contribution is -0.572. The maximum Gasteiger partial charge on any atom is 0.219 e. The molecule has 0 aliphatic rings. The van der Waals surface area contributed by atoms with Crippen LogP contribution in [0.2, 0.25) is 0 Å². The standard InChI is InChI=1S/C73H56N2O2/c1-73(2,61-33-41-65(42-34-61)76-67-45-37-63(38-46-67)74-69(55-25-13-5-14-26-55)49-59(53-21-9-3-10-22-53)50-70(74)56-27-15-6-16-28-56)62-35-43-66(44-36-62)77-68-47-39-64(40-48-68)75-71(57-29-17-7-18-30-57)51-60(54-23-11-4-12-24-54)52-72(75)58-31-19-8-20-32-58/h3-52H,1-2H3/q+2. The number of aromatic nitrogens is 2. The van der Waals surface area contributed by atoms with Gasteiger partial charge in [0.25, 0.3) is 0 Å². The summed E-state index contributed by atoms with van der Waals surface area (Å²) in [5, 5.41) is 0. The molecule has 12 rings (SSSR count). The van der Waals surface area contributed by atoms with E-state index in [2.05, 4.69) is 326 Å². The number of hydrogen-bond acceptors (Lipinski definition) is 2. The predicted octanol–water partition coefficient (Wildman–Crippen LogP) is 18.2. The van der Waals surface area contributed by atoms with Crippen molar-refractivity contribution >= 4 is 0 Å². The van der Waals surface area contributed by atoms with Crippen molar-refractivity contribution in [3.05, 3.63) is 314 Å². The van der Waals surface area contributed by atoms with Gasteiger partial charge in [0.05, 0.1) is 0 Å². The Hall–Kier alpha value is -9.90. The van der Waals surface area contributed by atoms with Crippen molar-refractivity contribution in [2.75, 3.05) is 0 Å². The second kappa shape index (κ2) is 21.5. The summed E-state index contributed by atoms with van der Waals surface area (Å²) in [7, 11) is 0. The van der Waals surface area contributed by atoms with Gasteiger partial charge in [0.15, 0.2) is 0 Å². The van der Waals surface area contributed by atoms with Crippen LogP contribution < -0.4 is 18.6 Å². The molecule has 0 spiro atoms. The monoisotopic (exact) mass is 992 g/mol. The van der Waals surface area contributed by atoms with Crippen molar-refractivity contribution < 1.29 is 18.6 Å². The fourth-order valence-electron chi connectivity index (χ4n) is 10.3. The van der Waals surface area contributed by atoms with Crippen molar-refractivity contribution in [2.45, 2.75) is 19.3 Å². The number of hydrogen-bond donors (Lipinski definition) is 0. The first kappa shape index (κ1) is 48.1. The molecule has 2 heterocycles. The van der Waals surface area contributed by atoms with Gasteiger partial charge in [-0.25, -0.2) is 0 Å². The molecular weight excluding hydrogens is 937 g/mol. The molecule has 0 fully saturated rings. The van der Waals surface area contributed by atoms with E-state index < -0.39 is 0 Å². The van der Waals surface area contributed by atoms with E-state index in [9.17, 15) is 0 Å². The minimum Gasteiger partial charge on any atom is -0.457 e. The van der Waals surface area contributed by atoms with E-state index in [1.54, 1.807) is 0 Å². The topological polar surface area (TPSA) is 26.2 Å². The maximum absolute atomic E-state index is 6.50. The Morgan fingerprint density at radius 2 is 0.455 bits per heavy atom. The van der Waals surface area contributed by atoms with Crippen molar-refractivity contribution in [3.8, 4) is 102 Å². The van der Waals surface area contributed by atoms with Gasteiger partial charge in [-0.05, 0) is 130 Å². The summed E-state index contributed by atoms with van der Waals surface area (Å²) in [6.45, 7) is 4.51. The predicted molar refractivity (Wildman–Crippen MR) is 314 cm³/mol. The first-order valence-electron chi connectivity index (χ1n) is 26.2. The van der Waals surface area contributed by atoms with E-state index in [-0.39, 0.29) is 5.41 Å². The van der Waals surface area contributed by atoms with Crippen LogP contribution in [0.15, 0.2) is 303 Å². The highest BCUT2D eigenvalue weighted by molar-refractivity contribution is 5.76. The van der Waals surface area contributed by atoms with E-state index in [0.717, 1.165) is 90.5 Å². The third kappa shape index (κ3) is 10.3. The van der Waals surface area contributed by atoms with Crippen LogP contribution in [0.4, 0.5) is 0 Å². The molecule has 0 saturated heterocycles. The molecule has 0 saturated carbocycles. The van der Waals surface area contributed by atoms with Crippen LogP contribution in [0.25, 0.3) is 78.7 Å². The van der Waals surface area contributed by atoms with Crippen LogP contribution in [-0.2, 0) is 5.41 Å². The molecule has 0 N–H and O–H groups in total. The Kier molecular flexibility index (Phi) is 13.4. The van der Waals surface area contributed by atoms with Gasteiger partial charge in [0.2, 0.25) is 34.2 Å². The Morgan fingerprint density at radius 1 is 0.234 bits per heavy atom. The van der Waals surface area contributed by atoms with Gasteiger partial charge in [0.1, 0.15) is 23.0 Å². The van der Waals surface area contributed by atoms with Crippen molar-refractivity contribution in [3.63, 3.8) is 0 Å². The Labute approximate surface area is 451 Å². The minimum absolute atomic E-state index is 0.277. The van der Waals surface area contributed by atoms with Gasteiger partial charge in [-0.3, -0.25) is 0 Å². The van der Waals surface area contributed by atoms with Crippen LogP contribution >= 0.6 is 0 Å². The van der Waals surface area contributed by atoms with Crippen LogP contribution in [0.3, 0.4) is 0 Å². The molecule has 368 valence electrons. The first-order valence-corrected chi connectivity index (χ1v) is 26.2. The smallest absolute Gasteiger partial charge is 0.219 e. The number of rotatable bonds is 14. The van der Waals surface area contributed by atoms with E-state index in [1.165, 1.54) is 22.3 Å². The summed E-state index contributed by atoms with van der Waals surface area (Å²) in [6.07, 6.45) is 0. The second-order valence-electron chi connectivity index (χ2n) is 19.8. The molecule has 10 aromatic carbocycles. The molecule has 77 heavy (non-hydrogen) atoms. The quantitative estimate of drug-likeness (QED) is 0.102. The van der Waals surface area contributed by atoms with Crippen LogP contribution in [0.1, 0.15) is 25.0 Å². The molecule has 12 aromatic rings. The lowest BCUT2D eigenvalue weighted by atomic mass is 9.78. The molecule has 0 amide bonds. The summed E-state index contributed by atoms with van der Waals surface area (Å²) in [6, 6.07) is 107. The largest absolute Gasteiger partial charge is 0.457 e. The lowest BCUT2D eigenvalue weighted by Crippen LogP contribution is -2.36. The molecule has 0 aliphatic heterocycles. The fourth-order valence-corrected chi connectivity index (χ4v) is 10.3. The molecule has 0 atom stereocenters. The highest BCUT2D eigenvalue weighted by atomic mass is 16.5. The maximum atomic E-state index is 6.50. The zero-order valence-corrected chi connectivity index (χ0v) is 43.1. The number of ether oxygens (including phenoxy) is 2. The van der Waals surface area contributed by atoms with Crippen molar-refractivity contribution in [1.82, 2.24) is 0 Å². The minimum atomic E-state index is -0.277. The Morgan fingerprint density at radius 3 is 0.701 bits per heavy atom. The number of pyridine rings is 2. The molecule has 0 aliphatic carbocycles. The molecule has 2 aromatic heterocycles. The Balaban J connectivity index is 0.764. The Bertz CT molecular complexity index is 3520. The average Bonchev–Trinajstić information content (AvgIpc) is 3.50. The van der Waals surface area contributed by atoms with E-state index in [4.69, 9.17) is 9.47 Å². The number of nitrogens with zero attached hydrogens (tertiary/aromatic N) is 2. The second-order valence-corrected chi connectivity index (χ2v) is 19.8. The third-order valence-electron chi connectivity index (χ3n) is 14.4. The van der Waals surface area contributed by atoms with E-state index in [1.807, 2.05) is 0 Å². The van der Waals surface area contributed by atoms with E-state index >= 15 is 0 Å². The highest BCUT2D eigenvalue weighted by Gasteiger charge is 2.28. The first-order chi connectivity index (χ1) is 37.9. The summed E-state index contributed by atoms with van der Waals surface area (Å²) in [5.74, 6) is 3.08. The normalized spacial score (nSPS) is 11.2.